The van der Waals surface area contributed by atoms with E-state index in [4.69, 9.17) is 4.74 Å². The van der Waals surface area contributed by atoms with Gasteiger partial charge < -0.3 is 15.4 Å². The number of carbonyl (C=O) groups excluding carboxylic acids is 1. The van der Waals surface area contributed by atoms with Crippen molar-refractivity contribution in [1.82, 2.24) is 10.6 Å². The van der Waals surface area contributed by atoms with Crippen molar-refractivity contribution in [3.8, 4) is 5.75 Å². The van der Waals surface area contributed by atoms with Crippen LogP contribution >= 0.6 is 11.8 Å². The zero-order valence-corrected chi connectivity index (χ0v) is 14.1. The Balaban J connectivity index is 1.52. The third-order valence-corrected chi connectivity index (χ3v) is 4.06. The van der Waals surface area contributed by atoms with Crippen molar-refractivity contribution < 1.29 is 9.53 Å². The van der Waals surface area contributed by atoms with Crippen LogP contribution in [0.25, 0.3) is 0 Å². The molecule has 0 saturated heterocycles. The van der Waals surface area contributed by atoms with Gasteiger partial charge in [0.1, 0.15) is 12.4 Å². The first-order valence-corrected chi connectivity index (χ1v) is 8.61. The number of urea groups is 1. The van der Waals surface area contributed by atoms with Gasteiger partial charge in [-0.2, -0.15) is 0 Å². The normalized spacial score (nSPS) is 10.1. The van der Waals surface area contributed by atoms with Gasteiger partial charge in [-0.25, -0.2) is 4.79 Å². The molecular formula is C18H22N2O2S. The SMILES string of the molecule is Cc1cccc(OCCNC(=O)NCCSc2ccccc2)c1. The highest BCUT2D eigenvalue weighted by molar-refractivity contribution is 7.99. The fourth-order valence-corrected chi connectivity index (χ4v) is 2.74. The largest absolute Gasteiger partial charge is 0.492 e. The molecule has 0 aliphatic heterocycles. The van der Waals surface area contributed by atoms with Crippen LogP contribution in [0.15, 0.2) is 59.5 Å². The van der Waals surface area contributed by atoms with Crippen molar-refractivity contribution in [3.05, 3.63) is 60.2 Å². The molecule has 2 amide bonds. The first kappa shape index (κ1) is 17.2. The average molecular weight is 330 g/mol. The summed E-state index contributed by atoms with van der Waals surface area (Å²) in [4.78, 5) is 12.8. The van der Waals surface area contributed by atoms with E-state index in [1.807, 2.05) is 49.4 Å². The number of rotatable bonds is 8. The number of carbonyl (C=O) groups is 1. The monoisotopic (exact) mass is 330 g/mol. The van der Waals surface area contributed by atoms with Gasteiger partial charge in [0.2, 0.25) is 0 Å². The molecule has 23 heavy (non-hydrogen) atoms. The molecule has 0 saturated carbocycles. The maximum Gasteiger partial charge on any atom is 0.314 e. The first-order valence-electron chi connectivity index (χ1n) is 7.63. The summed E-state index contributed by atoms with van der Waals surface area (Å²) in [6.07, 6.45) is 0. The molecule has 0 fully saturated rings. The Morgan fingerprint density at radius 2 is 1.83 bits per heavy atom. The molecule has 2 aromatic carbocycles. The summed E-state index contributed by atoms with van der Waals surface area (Å²) in [6, 6.07) is 17.8. The Labute approximate surface area is 141 Å². The molecule has 4 nitrogen and oxygen atoms in total. The lowest BCUT2D eigenvalue weighted by molar-refractivity contribution is 0.237. The summed E-state index contributed by atoms with van der Waals surface area (Å²) in [5.74, 6) is 1.67. The molecule has 0 heterocycles. The van der Waals surface area contributed by atoms with Crippen LogP contribution in [-0.4, -0.2) is 31.5 Å². The molecule has 0 bridgehead atoms. The summed E-state index contributed by atoms with van der Waals surface area (Å²) in [5.41, 5.74) is 1.16. The molecule has 0 aromatic heterocycles. The van der Waals surface area contributed by atoms with Gasteiger partial charge in [0.15, 0.2) is 0 Å². The van der Waals surface area contributed by atoms with Crippen LogP contribution in [0.1, 0.15) is 5.56 Å². The van der Waals surface area contributed by atoms with Crippen LogP contribution in [0.4, 0.5) is 4.79 Å². The highest BCUT2D eigenvalue weighted by Crippen LogP contribution is 2.15. The maximum atomic E-state index is 11.6. The van der Waals surface area contributed by atoms with Gasteiger partial charge in [-0.3, -0.25) is 0 Å². The first-order chi connectivity index (χ1) is 11.2. The summed E-state index contributed by atoms with van der Waals surface area (Å²) >= 11 is 1.72. The van der Waals surface area contributed by atoms with E-state index < -0.39 is 0 Å². The minimum atomic E-state index is -0.161. The van der Waals surface area contributed by atoms with Gasteiger partial charge in [-0.15, -0.1) is 11.8 Å². The van der Waals surface area contributed by atoms with Crippen LogP contribution < -0.4 is 15.4 Å². The topological polar surface area (TPSA) is 50.4 Å². The molecule has 0 aliphatic rings. The lowest BCUT2D eigenvalue weighted by Crippen LogP contribution is -2.38. The predicted octanol–water partition coefficient (Wildman–Crippen LogP) is 3.47. The predicted molar refractivity (Wildman–Crippen MR) is 95.2 cm³/mol. The van der Waals surface area contributed by atoms with Crippen molar-refractivity contribution >= 4 is 17.8 Å². The second kappa shape index (κ2) is 9.79. The van der Waals surface area contributed by atoms with E-state index in [9.17, 15) is 4.79 Å². The van der Waals surface area contributed by atoms with Gasteiger partial charge in [0, 0.05) is 17.2 Å². The molecule has 0 atom stereocenters. The number of hydrogen-bond acceptors (Lipinski definition) is 3. The van der Waals surface area contributed by atoms with Crippen LogP contribution in [0, 0.1) is 6.92 Å². The number of aryl methyl sites for hydroxylation is 1. The van der Waals surface area contributed by atoms with E-state index in [0.717, 1.165) is 17.1 Å². The molecule has 0 unspecified atom stereocenters. The van der Waals surface area contributed by atoms with Gasteiger partial charge in [0.05, 0.1) is 6.54 Å². The maximum absolute atomic E-state index is 11.6. The van der Waals surface area contributed by atoms with Crippen molar-refractivity contribution in [2.75, 3.05) is 25.4 Å². The smallest absolute Gasteiger partial charge is 0.314 e. The van der Waals surface area contributed by atoms with Crippen LogP contribution in [0.2, 0.25) is 0 Å². The molecule has 0 spiro atoms. The van der Waals surface area contributed by atoms with Gasteiger partial charge in [-0.05, 0) is 36.8 Å². The number of ether oxygens (including phenoxy) is 1. The molecule has 122 valence electrons. The zero-order chi connectivity index (χ0) is 16.3. The number of hydrogen-bond donors (Lipinski definition) is 2. The second-order valence-electron chi connectivity index (χ2n) is 5.01. The van der Waals surface area contributed by atoms with Crippen molar-refractivity contribution in [2.24, 2.45) is 0 Å². The third kappa shape index (κ3) is 7.10. The number of nitrogens with one attached hydrogen (secondary N) is 2. The second-order valence-corrected chi connectivity index (χ2v) is 6.18. The van der Waals surface area contributed by atoms with Crippen LogP contribution in [0.5, 0.6) is 5.75 Å². The molecule has 0 aliphatic carbocycles. The highest BCUT2D eigenvalue weighted by atomic mass is 32.2. The van der Waals surface area contributed by atoms with Crippen molar-refractivity contribution in [3.63, 3.8) is 0 Å². The van der Waals surface area contributed by atoms with E-state index in [1.165, 1.54) is 4.90 Å². The summed E-state index contributed by atoms with van der Waals surface area (Å²) in [6.45, 7) is 3.58. The molecule has 5 heteroatoms. The van der Waals surface area contributed by atoms with E-state index in [1.54, 1.807) is 11.8 Å². The van der Waals surface area contributed by atoms with E-state index in [0.29, 0.717) is 19.7 Å². The van der Waals surface area contributed by atoms with Crippen molar-refractivity contribution in [2.45, 2.75) is 11.8 Å². The van der Waals surface area contributed by atoms with E-state index in [2.05, 4.69) is 22.8 Å². The highest BCUT2D eigenvalue weighted by Gasteiger charge is 2.00. The molecule has 2 N–H and O–H groups in total. The Morgan fingerprint density at radius 3 is 2.61 bits per heavy atom. The van der Waals surface area contributed by atoms with Crippen LogP contribution in [0.3, 0.4) is 0 Å². The van der Waals surface area contributed by atoms with Crippen molar-refractivity contribution in [1.29, 1.82) is 0 Å². The Bertz CT molecular complexity index is 605. The quantitative estimate of drug-likeness (QED) is 0.576. The third-order valence-electron chi connectivity index (χ3n) is 3.05. The summed E-state index contributed by atoms with van der Waals surface area (Å²) < 4.78 is 5.57. The van der Waals surface area contributed by atoms with E-state index in [-0.39, 0.29) is 6.03 Å². The Kier molecular flexibility index (Phi) is 7.33. The standard InChI is InChI=1S/C18H22N2O2S/c1-15-6-5-7-16(14-15)22-12-10-19-18(21)20-11-13-23-17-8-3-2-4-9-17/h2-9,14H,10-13H2,1H3,(H2,19,20,21). The minimum Gasteiger partial charge on any atom is -0.492 e. The minimum absolute atomic E-state index is 0.161. The fraction of sp³-hybridized carbons (Fsp3) is 0.278. The number of amides is 2. The zero-order valence-electron chi connectivity index (χ0n) is 13.2. The van der Waals surface area contributed by atoms with Gasteiger partial charge >= 0.3 is 6.03 Å². The van der Waals surface area contributed by atoms with E-state index >= 15 is 0 Å². The number of benzene rings is 2. The molecular weight excluding hydrogens is 308 g/mol. The Morgan fingerprint density at radius 1 is 1.04 bits per heavy atom. The molecule has 2 aromatic rings. The molecule has 2 rings (SSSR count). The van der Waals surface area contributed by atoms with Gasteiger partial charge in [0.25, 0.3) is 0 Å². The summed E-state index contributed by atoms with van der Waals surface area (Å²) in [7, 11) is 0. The molecule has 0 radical (unpaired) electrons. The lowest BCUT2D eigenvalue weighted by Gasteiger charge is -2.09. The average Bonchev–Trinajstić information content (AvgIpc) is 2.57. The van der Waals surface area contributed by atoms with Crippen LogP contribution in [-0.2, 0) is 0 Å². The lowest BCUT2D eigenvalue weighted by atomic mass is 10.2. The van der Waals surface area contributed by atoms with Gasteiger partial charge in [-0.1, -0.05) is 30.3 Å². The Hall–Kier alpha value is -2.14. The number of thioether (sulfide) groups is 1. The fourth-order valence-electron chi connectivity index (χ4n) is 1.95. The summed E-state index contributed by atoms with van der Waals surface area (Å²) in [5, 5.41) is 5.62.